The fourth-order valence-electron chi connectivity index (χ4n) is 2.81. The maximum atomic E-state index is 13.6. The number of halogens is 2. The van der Waals surface area contributed by atoms with E-state index in [1.165, 1.54) is 0 Å². The van der Waals surface area contributed by atoms with Crippen molar-refractivity contribution in [3.63, 3.8) is 0 Å². The van der Waals surface area contributed by atoms with E-state index in [9.17, 15) is 8.78 Å². The van der Waals surface area contributed by atoms with Gasteiger partial charge in [-0.2, -0.15) is 0 Å². The number of nitrogens with zero attached hydrogens (tertiary/aromatic N) is 1. The van der Waals surface area contributed by atoms with Gasteiger partial charge in [-0.05, 0) is 16.7 Å². The minimum Gasteiger partial charge on any atom is -0.371 e. The third-order valence-corrected chi connectivity index (χ3v) is 4.96. The summed E-state index contributed by atoms with van der Waals surface area (Å²) in [5.41, 5.74) is 0.449. The van der Waals surface area contributed by atoms with Crippen molar-refractivity contribution >= 4 is 11.6 Å². The van der Waals surface area contributed by atoms with E-state index in [-0.39, 0.29) is 22.5 Å². The Bertz CT molecular complexity index is 484. The molecular formula is C14H21F2N3. The van der Waals surface area contributed by atoms with Crippen molar-refractivity contribution in [1.29, 1.82) is 0 Å². The number of anilines is 2. The molecular weight excluding hydrogens is 248 g/mol. The maximum absolute atomic E-state index is 13.6. The normalized spacial score (nSPS) is 20.2. The molecule has 2 N–H and O–H groups in total. The van der Waals surface area contributed by atoms with Crippen LogP contribution in [0.15, 0.2) is 6.07 Å². The van der Waals surface area contributed by atoms with Crippen LogP contribution in [0.2, 0.25) is 0 Å². The van der Waals surface area contributed by atoms with Gasteiger partial charge in [-0.15, -0.1) is 0 Å². The number of rotatable bonds is 4. The van der Waals surface area contributed by atoms with E-state index in [1.807, 2.05) is 0 Å². The molecule has 1 aliphatic carbocycles. The first-order chi connectivity index (χ1) is 8.71. The number of nitrogens with one attached hydrogen (secondary N) is 2. The molecule has 0 amide bonds. The Morgan fingerprint density at radius 3 is 2.11 bits per heavy atom. The summed E-state index contributed by atoms with van der Waals surface area (Å²) >= 11 is 0. The molecule has 19 heavy (non-hydrogen) atoms. The van der Waals surface area contributed by atoms with Crippen molar-refractivity contribution in [3.8, 4) is 0 Å². The minimum absolute atomic E-state index is 0.0539. The van der Waals surface area contributed by atoms with E-state index in [2.05, 4.69) is 43.3 Å². The van der Waals surface area contributed by atoms with Gasteiger partial charge in [0.05, 0.1) is 0 Å². The molecule has 1 fully saturated rings. The van der Waals surface area contributed by atoms with Crippen molar-refractivity contribution in [2.24, 2.45) is 16.7 Å². The van der Waals surface area contributed by atoms with Crippen LogP contribution in [0.3, 0.4) is 0 Å². The molecule has 0 radical (unpaired) electrons. The van der Waals surface area contributed by atoms with Crippen LogP contribution in [0.25, 0.3) is 0 Å². The van der Waals surface area contributed by atoms with Crippen LogP contribution in [0.5, 0.6) is 0 Å². The predicted molar refractivity (Wildman–Crippen MR) is 73.2 cm³/mol. The molecule has 1 aromatic heterocycles. The molecule has 0 atom stereocenters. The zero-order valence-corrected chi connectivity index (χ0v) is 12.1. The van der Waals surface area contributed by atoms with Gasteiger partial charge in [0.25, 0.3) is 0 Å². The van der Waals surface area contributed by atoms with E-state index >= 15 is 0 Å². The summed E-state index contributed by atoms with van der Waals surface area (Å²) in [4.78, 5) is 3.91. The number of hydrogen-bond acceptors (Lipinski definition) is 3. The zero-order chi connectivity index (χ0) is 14.4. The average Bonchev–Trinajstić information content (AvgIpc) is 2.69. The first-order valence-corrected chi connectivity index (χ1v) is 6.49. The first kappa shape index (κ1) is 14.0. The second-order valence-electron chi connectivity index (χ2n) is 6.28. The summed E-state index contributed by atoms with van der Waals surface area (Å²) in [6.07, 6.45) is 0. The molecule has 1 heterocycles. The number of aromatic nitrogens is 1. The Kier molecular flexibility index (Phi) is 3.19. The van der Waals surface area contributed by atoms with Crippen LogP contribution in [0, 0.1) is 28.4 Å². The van der Waals surface area contributed by atoms with E-state index in [1.54, 1.807) is 7.05 Å². The van der Waals surface area contributed by atoms with Crippen LogP contribution in [0.1, 0.15) is 27.7 Å². The quantitative estimate of drug-likeness (QED) is 0.878. The lowest BCUT2D eigenvalue weighted by Crippen LogP contribution is -2.12. The second kappa shape index (κ2) is 4.32. The van der Waals surface area contributed by atoms with E-state index in [4.69, 9.17) is 0 Å². The summed E-state index contributed by atoms with van der Waals surface area (Å²) in [5.74, 6) is -0.739. The summed E-state index contributed by atoms with van der Waals surface area (Å²) in [7, 11) is 1.56. The minimum atomic E-state index is -0.683. The van der Waals surface area contributed by atoms with Gasteiger partial charge in [0.15, 0.2) is 23.3 Å². The third kappa shape index (κ3) is 2.15. The summed E-state index contributed by atoms with van der Waals surface area (Å²) in [6, 6.07) is 0.852. The second-order valence-corrected chi connectivity index (χ2v) is 6.28. The van der Waals surface area contributed by atoms with Crippen molar-refractivity contribution in [1.82, 2.24) is 4.98 Å². The van der Waals surface area contributed by atoms with Crippen molar-refractivity contribution < 1.29 is 8.78 Å². The topological polar surface area (TPSA) is 37.0 Å². The van der Waals surface area contributed by atoms with Crippen LogP contribution in [-0.2, 0) is 0 Å². The van der Waals surface area contributed by atoms with Gasteiger partial charge >= 0.3 is 0 Å². The van der Waals surface area contributed by atoms with Gasteiger partial charge in [-0.1, -0.05) is 27.7 Å². The van der Waals surface area contributed by atoms with Crippen molar-refractivity contribution in [2.75, 3.05) is 24.2 Å². The summed E-state index contributed by atoms with van der Waals surface area (Å²) in [5, 5.41) is 5.60. The fraction of sp³-hybridized carbons (Fsp3) is 0.643. The molecule has 0 spiro atoms. The average molecular weight is 269 g/mol. The zero-order valence-electron chi connectivity index (χ0n) is 12.1. The molecule has 2 rings (SSSR count). The highest BCUT2D eigenvalue weighted by atomic mass is 19.1. The molecule has 0 bridgehead atoms. The largest absolute Gasteiger partial charge is 0.371 e. The Hall–Kier alpha value is -1.39. The lowest BCUT2D eigenvalue weighted by atomic mass is 10.0. The maximum Gasteiger partial charge on any atom is 0.168 e. The Balaban J connectivity index is 2.09. The smallest absolute Gasteiger partial charge is 0.168 e. The lowest BCUT2D eigenvalue weighted by molar-refractivity contribution is 0.457. The third-order valence-electron chi connectivity index (χ3n) is 4.96. The highest BCUT2D eigenvalue weighted by Crippen LogP contribution is 2.68. The standard InChI is InChI=1S/C14H21F2N3/c1-13(2)10(14(13,3)4)7-18-12-9(16)6-8(15)11(17-5)19-12/h6,10H,7H2,1-5H3,(H2,17,18,19). The fourth-order valence-corrected chi connectivity index (χ4v) is 2.81. The first-order valence-electron chi connectivity index (χ1n) is 6.49. The Morgan fingerprint density at radius 1 is 1.11 bits per heavy atom. The van der Waals surface area contributed by atoms with Gasteiger partial charge in [0.1, 0.15) is 0 Å². The van der Waals surface area contributed by atoms with Gasteiger partial charge in [-0.25, -0.2) is 13.8 Å². The lowest BCUT2D eigenvalue weighted by Gasteiger charge is -2.10. The summed E-state index contributed by atoms with van der Waals surface area (Å²) in [6.45, 7) is 9.44. The van der Waals surface area contributed by atoms with Crippen LogP contribution in [-0.4, -0.2) is 18.6 Å². The number of pyridine rings is 1. The Labute approximate surface area is 112 Å². The molecule has 3 nitrogen and oxygen atoms in total. The Morgan fingerprint density at radius 2 is 1.63 bits per heavy atom. The van der Waals surface area contributed by atoms with Gasteiger partial charge in [-0.3, -0.25) is 0 Å². The SMILES string of the molecule is CNc1nc(NCC2C(C)(C)C2(C)C)c(F)cc1F. The molecule has 0 saturated heterocycles. The molecule has 106 valence electrons. The predicted octanol–water partition coefficient (Wildman–Crippen LogP) is 3.50. The monoisotopic (exact) mass is 269 g/mol. The van der Waals surface area contributed by atoms with Crippen molar-refractivity contribution in [2.45, 2.75) is 27.7 Å². The van der Waals surface area contributed by atoms with Gasteiger partial charge < -0.3 is 10.6 Å². The molecule has 5 heteroatoms. The molecule has 1 aliphatic rings. The highest BCUT2D eigenvalue weighted by molar-refractivity contribution is 5.47. The molecule has 0 aliphatic heterocycles. The molecule has 1 saturated carbocycles. The molecule has 0 aromatic carbocycles. The van der Waals surface area contributed by atoms with E-state index in [0.717, 1.165) is 6.07 Å². The van der Waals surface area contributed by atoms with Crippen LogP contribution < -0.4 is 10.6 Å². The van der Waals surface area contributed by atoms with Gasteiger partial charge in [0, 0.05) is 19.7 Å². The molecule has 1 aromatic rings. The van der Waals surface area contributed by atoms with Gasteiger partial charge in [0.2, 0.25) is 0 Å². The molecule has 0 unspecified atom stereocenters. The van der Waals surface area contributed by atoms with Crippen LogP contribution >= 0.6 is 0 Å². The highest BCUT2D eigenvalue weighted by Gasteiger charge is 2.64. The van der Waals surface area contributed by atoms with Crippen LogP contribution in [0.4, 0.5) is 20.4 Å². The number of hydrogen-bond donors (Lipinski definition) is 2. The van der Waals surface area contributed by atoms with Crippen molar-refractivity contribution in [3.05, 3.63) is 17.7 Å². The van der Waals surface area contributed by atoms with E-state index < -0.39 is 11.6 Å². The summed E-state index contributed by atoms with van der Waals surface area (Å²) < 4.78 is 26.9. The van der Waals surface area contributed by atoms with E-state index in [0.29, 0.717) is 12.5 Å².